The lowest BCUT2D eigenvalue weighted by atomic mass is 10.1. The molecule has 0 aliphatic carbocycles. The van der Waals surface area contributed by atoms with Crippen molar-refractivity contribution in [2.45, 2.75) is 25.8 Å². The highest BCUT2D eigenvalue weighted by atomic mass is 15.2. The van der Waals surface area contributed by atoms with Gasteiger partial charge in [-0.25, -0.2) is 4.98 Å². The van der Waals surface area contributed by atoms with Crippen molar-refractivity contribution < 1.29 is 0 Å². The summed E-state index contributed by atoms with van der Waals surface area (Å²) in [7, 11) is 1.93. The molecule has 1 aliphatic heterocycles. The number of rotatable bonds is 2. The van der Waals surface area contributed by atoms with E-state index in [1.54, 1.807) is 0 Å². The first-order chi connectivity index (χ1) is 6.75. The predicted molar refractivity (Wildman–Crippen MR) is 56.7 cm³/mol. The van der Waals surface area contributed by atoms with Gasteiger partial charge in [-0.3, -0.25) is 4.90 Å². The van der Waals surface area contributed by atoms with Gasteiger partial charge in [-0.05, 0) is 25.9 Å². The van der Waals surface area contributed by atoms with Crippen molar-refractivity contribution in [2.24, 2.45) is 7.05 Å². The number of nitrogen functional groups attached to an aromatic ring is 1. The molecule has 0 aromatic carbocycles. The third-order valence-corrected chi connectivity index (χ3v) is 2.80. The number of imidazole rings is 1. The normalized spacial score (nSPS) is 18.6. The van der Waals surface area contributed by atoms with E-state index in [-0.39, 0.29) is 0 Å². The molecule has 1 aromatic heterocycles. The van der Waals surface area contributed by atoms with Gasteiger partial charge >= 0.3 is 0 Å². The molecule has 2 rings (SSSR count). The molecule has 0 unspecified atom stereocenters. The highest BCUT2D eigenvalue weighted by Crippen LogP contribution is 2.12. The van der Waals surface area contributed by atoms with Gasteiger partial charge in [0.05, 0.1) is 5.69 Å². The summed E-state index contributed by atoms with van der Waals surface area (Å²) in [5.74, 6) is 0.608. The Bertz CT molecular complexity index is 280. The van der Waals surface area contributed by atoms with E-state index < -0.39 is 0 Å². The van der Waals surface area contributed by atoms with E-state index in [0.29, 0.717) is 5.95 Å². The van der Waals surface area contributed by atoms with Gasteiger partial charge in [0.2, 0.25) is 0 Å². The van der Waals surface area contributed by atoms with E-state index in [4.69, 9.17) is 5.73 Å². The molecule has 2 N–H and O–H groups in total. The van der Waals surface area contributed by atoms with Crippen molar-refractivity contribution in [1.29, 1.82) is 0 Å². The number of piperidine rings is 1. The van der Waals surface area contributed by atoms with Gasteiger partial charge in [-0.15, -0.1) is 0 Å². The molecule has 0 saturated carbocycles. The van der Waals surface area contributed by atoms with Gasteiger partial charge in [0.15, 0.2) is 5.95 Å². The van der Waals surface area contributed by atoms with E-state index in [2.05, 4.69) is 9.88 Å². The van der Waals surface area contributed by atoms with Crippen LogP contribution >= 0.6 is 0 Å². The molecular weight excluding hydrogens is 176 g/mol. The van der Waals surface area contributed by atoms with E-state index in [9.17, 15) is 0 Å². The molecule has 1 fully saturated rings. The first-order valence-corrected chi connectivity index (χ1v) is 5.26. The first-order valence-electron chi connectivity index (χ1n) is 5.26. The van der Waals surface area contributed by atoms with Crippen molar-refractivity contribution in [2.75, 3.05) is 18.8 Å². The average molecular weight is 194 g/mol. The molecule has 4 heteroatoms. The smallest absolute Gasteiger partial charge is 0.200 e. The van der Waals surface area contributed by atoms with E-state index in [0.717, 1.165) is 12.2 Å². The van der Waals surface area contributed by atoms with Gasteiger partial charge in [0.1, 0.15) is 0 Å². The third kappa shape index (κ3) is 2.07. The first kappa shape index (κ1) is 9.52. The molecule has 0 atom stereocenters. The molecule has 0 spiro atoms. The number of nitrogens with two attached hydrogens (primary N) is 1. The Morgan fingerprint density at radius 3 is 2.64 bits per heavy atom. The summed E-state index contributed by atoms with van der Waals surface area (Å²) in [4.78, 5) is 6.75. The van der Waals surface area contributed by atoms with Crippen LogP contribution in [0.15, 0.2) is 6.20 Å². The van der Waals surface area contributed by atoms with E-state index in [1.165, 1.54) is 32.4 Å². The highest BCUT2D eigenvalue weighted by Gasteiger charge is 2.12. The Labute approximate surface area is 84.7 Å². The number of anilines is 1. The molecular formula is C10H18N4. The van der Waals surface area contributed by atoms with Crippen LogP contribution in [0.3, 0.4) is 0 Å². The topological polar surface area (TPSA) is 47.1 Å². The SMILES string of the molecule is Cn1cc(CN2CCCCC2)nc1N. The van der Waals surface area contributed by atoms with Crippen molar-refractivity contribution >= 4 is 5.95 Å². The molecule has 1 aromatic rings. The number of hydrogen-bond donors (Lipinski definition) is 1. The fourth-order valence-corrected chi connectivity index (χ4v) is 1.97. The van der Waals surface area contributed by atoms with Crippen LogP contribution < -0.4 is 5.73 Å². The van der Waals surface area contributed by atoms with Crippen LogP contribution in [0.25, 0.3) is 0 Å². The number of aromatic nitrogens is 2. The zero-order valence-corrected chi connectivity index (χ0v) is 8.74. The minimum atomic E-state index is 0.608. The van der Waals surface area contributed by atoms with Gasteiger partial charge in [0, 0.05) is 19.8 Å². The lowest BCUT2D eigenvalue weighted by Crippen LogP contribution is -2.29. The number of hydrogen-bond acceptors (Lipinski definition) is 3. The van der Waals surface area contributed by atoms with Crippen LogP contribution in [0.5, 0.6) is 0 Å². The summed E-state index contributed by atoms with van der Waals surface area (Å²) in [6.07, 6.45) is 6.04. The van der Waals surface area contributed by atoms with Crippen LogP contribution in [0.1, 0.15) is 25.0 Å². The average Bonchev–Trinajstić information content (AvgIpc) is 2.47. The molecule has 0 radical (unpaired) electrons. The van der Waals surface area contributed by atoms with Crippen LogP contribution in [-0.2, 0) is 13.6 Å². The molecule has 14 heavy (non-hydrogen) atoms. The molecule has 78 valence electrons. The molecule has 4 nitrogen and oxygen atoms in total. The Balaban J connectivity index is 1.95. The molecule has 2 heterocycles. The lowest BCUT2D eigenvalue weighted by molar-refractivity contribution is 0.219. The second kappa shape index (κ2) is 4.00. The third-order valence-electron chi connectivity index (χ3n) is 2.80. The van der Waals surface area contributed by atoms with Crippen molar-refractivity contribution in [3.63, 3.8) is 0 Å². The van der Waals surface area contributed by atoms with Crippen LogP contribution in [0.4, 0.5) is 5.95 Å². The summed E-state index contributed by atoms with van der Waals surface area (Å²) in [5.41, 5.74) is 6.77. The van der Waals surface area contributed by atoms with Crippen molar-refractivity contribution in [3.8, 4) is 0 Å². The van der Waals surface area contributed by atoms with Gasteiger partial charge in [0.25, 0.3) is 0 Å². The van der Waals surface area contributed by atoms with E-state index in [1.807, 2.05) is 17.8 Å². The molecule has 1 saturated heterocycles. The van der Waals surface area contributed by atoms with E-state index >= 15 is 0 Å². The summed E-state index contributed by atoms with van der Waals surface area (Å²) in [6.45, 7) is 3.36. The zero-order valence-electron chi connectivity index (χ0n) is 8.74. The number of likely N-dealkylation sites (tertiary alicyclic amines) is 1. The van der Waals surface area contributed by atoms with Gasteiger partial charge in [-0.1, -0.05) is 6.42 Å². The standard InChI is InChI=1S/C10H18N4/c1-13-7-9(12-10(13)11)8-14-5-3-2-4-6-14/h7H,2-6,8H2,1H3,(H2,11,12). The highest BCUT2D eigenvalue weighted by molar-refractivity contribution is 5.21. The zero-order chi connectivity index (χ0) is 9.97. The maximum Gasteiger partial charge on any atom is 0.200 e. The van der Waals surface area contributed by atoms with Crippen LogP contribution in [0.2, 0.25) is 0 Å². The molecule has 0 amide bonds. The summed E-state index contributed by atoms with van der Waals surface area (Å²) < 4.78 is 1.87. The maximum atomic E-state index is 5.68. The summed E-state index contributed by atoms with van der Waals surface area (Å²) in [5, 5.41) is 0. The van der Waals surface area contributed by atoms with Gasteiger partial charge in [-0.2, -0.15) is 0 Å². The number of aryl methyl sites for hydroxylation is 1. The Morgan fingerprint density at radius 1 is 1.36 bits per heavy atom. The van der Waals surface area contributed by atoms with Crippen LogP contribution in [-0.4, -0.2) is 27.5 Å². The molecule has 0 bridgehead atoms. The van der Waals surface area contributed by atoms with Gasteiger partial charge < -0.3 is 10.3 Å². The predicted octanol–water partition coefficient (Wildman–Crippen LogP) is 0.988. The Kier molecular flexibility index (Phi) is 2.72. The minimum Gasteiger partial charge on any atom is -0.369 e. The summed E-state index contributed by atoms with van der Waals surface area (Å²) in [6, 6.07) is 0. The molecule has 1 aliphatic rings. The second-order valence-corrected chi connectivity index (χ2v) is 4.04. The van der Waals surface area contributed by atoms with Crippen molar-refractivity contribution in [1.82, 2.24) is 14.5 Å². The Hall–Kier alpha value is -1.03. The maximum absolute atomic E-state index is 5.68. The fourth-order valence-electron chi connectivity index (χ4n) is 1.97. The fraction of sp³-hybridized carbons (Fsp3) is 0.700. The quantitative estimate of drug-likeness (QED) is 0.763. The lowest BCUT2D eigenvalue weighted by Gasteiger charge is -2.25. The van der Waals surface area contributed by atoms with Crippen LogP contribution in [0, 0.1) is 0 Å². The Morgan fingerprint density at radius 2 is 2.07 bits per heavy atom. The van der Waals surface area contributed by atoms with Crippen molar-refractivity contribution in [3.05, 3.63) is 11.9 Å². The number of nitrogens with zero attached hydrogens (tertiary/aromatic N) is 3. The summed E-state index contributed by atoms with van der Waals surface area (Å²) >= 11 is 0. The second-order valence-electron chi connectivity index (χ2n) is 4.04. The largest absolute Gasteiger partial charge is 0.369 e. The minimum absolute atomic E-state index is 0.608. The monoisotopic (exact) mass is 194 g/mol.